The number of hydrogen-bond acceptors (Lipinski definition) is 7. The maximum Gasteiger partial charge on any atom is 0.334 e. The minimum absolute atomic E-state index is 0.295. The van der Waals surface area contributed by atoms with Gasteiger partial charge in [0.25, 0.3) is 0 Å². The van der Waals surface area contributed by atoms with Crippen molar-refractivity contribution in [2.24, 2.45) is 0 Å². The highest BCUT2D eigenvalue weighted by atomic mass is 32.2. The molecule has 2 unspecified atom stereocenters. The smallest absolute Gasteiger partial charge is 0.334 e. The summed E-state index contributed by atoms with van der Waals surface area (Å²) in [6.45, 7) is 18.3. The number of rotatable bonds is 10. The molecule has 4 nitrogen and oxygen atoms in total. The molecule has 33 heavy (non-hydrogen) atoms. The minimum atomic E-state index is -0.375. The Labute approximate surface area is 209 Å². The molecule has 0 bridgehead atoms. The molecule has 0 aliphatic carbocycles. The second-order valence-corrected chi connectivity index (χ2v) is 11.5. The van der Waals surface area contributed by atoms with Gasteiger partial charge in [-0.15, -0.1) is 0 Å². The van der Waals surface area contributed by atoms with Crippen LogP contribution in [0.15, 0.2) is 80.3 Å². The molecule has 2 rings (SSSR count). The number of ether oxygens (including phenoxy) is 2. The zero-order valence-electron chi connectivity index (χ0n) is 19.9. The van der Waals surface area contributed by atoms with Crippen LogP contribution in [0.4, 0.5) is 0 Å². The Bertz CT molecular complexity index is 978. The highest BCUT2D eigenvalue weighted by molar-refractivity contribution is 8.00. The van der Waals surface area contributed by atoms with Gasteiger partial charge in [-0.05, 0) is 89.1 Å². The van der Waals surface area contributed by atoms with E-state index in [2.05, 4.69) is 63.4 Å². The number of carbonyl (C=O) groups excluding carboxylic acids is 2. The molecule has 2 aromatic carbocycles. The second kappa shape index (κ2) is 12.4. The highest BCUT2D eigenvalue weighted by Gasteiger charge is 2.15. The first-order valence-corrected chi connectivity index (χ1v) is 13.0. The van der Waals surface area contributed by atoms with Crippen LogP contribution in [0.5, 0.6) is 0 Å². The van der Waals surface area contributed by atoms with E-state index in [1.165, 1.54) is 23.5 Å². The van der Waals surface area contributed by atoms with E-state index in [4.69, 9.17) is 9.47 Å². The van der Waals surface area contributed by atoms with Crippen LogP contribution in [-0.2, 0) is 19.1 Å². The molecular formula is C26H30O4S3. The Kier molecular flexibility index (Phi) is 10.2. The molecule has 0 heterocycles. The molecule has 176 valence electrons. The van der Waals surface area contributed by atoms with E-state index in [0.717, 1.165) is 30.7 Å². The lowest BCUT2D eigenvalue weighted by Gasteiger charge is -2.16. The number of thioether (sulfide) groups is 2. The van der Waals surface area contributed by atoms with Crippen molar-refractivity contribution >= 4 is 47.2 Å². The van der Waals surface area contributed by atoms with E-state index < -0.39 is 0 Å². The van der Waals surface area contributed by atoms with Crippen molar-refractivity contribution in [1.82, 2.24) is 0 Å². The topological polar surface area (TPSA) is 52.6 Å². The van der Waals surface area contributed by atoms with Crippen LogP contribution in [0.2, 0.25) is 0 Å². The van der Waals surface area contributed by atoms with Crippen LogP contribution in [-0.4, -0.2) is 22.8 Å². The van der Waals surface area contributed by atoms with Crippen molar-refractivity contribution in [1.29, 1.82) is 0 Å². The summed E-state index contributed by atoms with van der Waals surface area (Å²) in [4.78, 5) is 27.8. The van der Waals surface area contributed by atoms with Gasteiger partial charge >= 0.3 is 11.9 Å². The van der Waals surface area contributed by atoms with Crippen molar-refractivity contribution in [2.45, 2.75) is 72.0 Å². The molecule has 0 fully saturated rings. The molecule has 0 N–H and O–H groups in total. The van der Waals surface area contributed by atoms with E-state index in [-0.39, 0.29) is 22.8 Å². The molecule has 2 atom stereocenters. The predicted octanol–water partition coefficient (Wildman–Crippen LogP) is 7.57. The van der Waals surface area contributed by atoms with Gasteiger partial charge in [0.15, 0.2) is 0 Å². The summed E-state index contributed by atoms with van der Waals surface area (Å²) in [6.07, 6.45) is 0. The van der Waals surface area contributed by atoms with Gasteiger partial charge < -0.3 is 9.47 Å². The molecule has 0 aromatic heterocycles. The van der Waals surface area contributed by atoms with Gasteiger partial charge in [0.05, 0.1) is 0 Å². The third kappa shape index (κ3) is 8.65. The summed E-state index contributed by atoms with van der Waals surface area (Å²) in [7, 11) is 0. The lowest BCUT2D eigenvalue weighted by molar-refractivity contribution is -0.140. The first-order chi connectivity index (χ1) is 15.5. The number of aryl methyl sites for hydroxylation is 2. The number of esters is 2. The fraction of sp³-hybridized carbons (Fsp3) is 0.308. The number of carbonyl (C=O) groups is 2. The molecule has 0 radical (unpaired) electrons. The average molecular weight is 503 g/mol. The molecule has 0 spiro atoms. The van der Waals surface area contributed by atoms with E-state index in [0.29, 0.717) is 11.1 Å². The zero-order valence-corrected chi connectivity index (χ0v) is 22.3. The maximum absolute atomic E-state index is 11.7. The largest absolute Gasteiger partial charge is 0.448 e. The summed E-state index contributed by atoms with van der Waals surface area (Å²) in [5.41, 5.74) is 2.45. The Hall–Kier alpha value is -2.09. The van der Waals surface area contributed by atoms with Gasteiger partial charge in [-0.2, -0.15) is 0 Å². The molecule has 0 aliphatic heterocycles. The van der Waals surface area contributed by atoms with Gasteiger partial charge in [-0.25, -0.2) is 9.59 Å². The summed E-state index contributed by atoms with van der Waals surface area (Å²) >= 11 is 4.71. The maximum atomic E-state index is 11.7. The van der Waals surface area contributed by atoms with Crippen LogP contribution < -0.4 is 0 Å². The SMILES string of the molecule is C=C(C)C(=O)OC(C)Sc1ccc(Sc2ccc(SC(C)OC(=O)C(=C)C)c(C)c2)cc1C. The van der Waals surface area contributed by atoms with Crippen molar-refractivity contribution in [2.75, 3.05) is 0 Å². The van der Waals surface area contributed by atoms with E-state index in [1.807, 2.05) is 13.8 Å². The quantitative estimate of drug-likeness (QED) is 0.144. The van der Waals surface area contributed by atoms with Crippen LogP contribution in [0.1, 0.15) is 38.8 Å². The Morgan fingerprint density at radius 2 is 1.12 bits per heavy atom. The fourth-order valence-corrected chi connectivity index (χ4v) is 5.46. The van der Waals surface area contributed by atoms with Crippen molar-refractivity contribution in [3.63, 3.8) is 0 Å². The van der Waals surface area contributed by atoms with Crippen molar-refractivity contribution in [3.8, 4) is 0 Å². The van der Waals surface area contributed by atoms with Crippen LogP contribution in [0.25, 0.3) is 0 Å². The Morgan fingerprint density at radius 1 is 0.758 bits per heavy atom. The lowest BCUT2D eigenvalue weighted by Crippen LogP contribution is -2.12. The third-order valence-corrected chi connectivity index (χ3v) is 7.62. The fourth-order valence-electron chi connectivity index (χ4n) is 2.68. The van der Waals surface area contributed by atoms with E-state index >= 15 is 0 Å². The zero-order chi connectivity index (χ0) is 24.7. The molecule has 0 saturated carbocycles. The molecule has 0 saturated heterocycles. The summed E-state index contributed by atoms with van der Waals surface area (Å²) in [5.74, 6) is -0.750. The number of hydrogen-bond donors (Lipinski definition) is 0. The van der Waals surface area contributed by atoms with Gasteiger partial charge in [0, 0.05) is 30.7 Å². The predicted molar refractivity (Wildman–Crippen MR) is 139 cm³/mol. The summed E-state index contributed by atoms with van der Waals surface area (Å²) in [5, 5.41) is 0. The molecule has 2 aromatic rings. The normalized spacial score (nSPS) is 12.5. The second-order valence-electron chi connectivity index (χ2n) is 7.70. The Balaban J connectivity index is 2.01. The lowest BCUT2D eigenvalue weighted by atomic mass is 10.2. The number of benzene rings is 2. The Morgan fingerprint density at radius 3 is 1.42 bits per heavy atom. The molecule has 0 aliphatic rings. The van der Waals surface area contributed by atoms with Crippen LogP contribution in [0, 0.1) is 13.8 Å². The van der Waals surface area contributed by atoms with Crippen LogP contribution >= 0.6 is 35.3 Å². The summed E-state index contributed by atoms with van der Waals surface area (Å²) in [6, 6.07) is 12.5. The first-order valence-electron chi connectivity index (χ1n) is 10.4. The van der Waals surface area contributed by atoms with E-state index in [1.54, 1.807) is 25.6 Å². The molecule has 7 heteroatoms. The summed E-state index contributed by atoms with van der Waals surface area (Å²) < 4.78 is 10.7. The highest BCUT2D eigenvalue weighted by Crippen LogP contribution is 2.36. The van der Waals surface area contributed by atoms with E-state index in [9.17, 15) is 9.59 Å². The minimum Gasteiger partial charge on any atom is -0.448 e. The van der Waals surface area contributed by atoms with Crippen LogP contribution in [0.3, 0.4) is 0 Å². The standard InChI is InChI=1S/C26H30O4S3/c1-15(2)25(27)29-19(7)31-23-11-9-21(13-17(23)5)33-22-10-12-24(18(6)14-22)32-20(8)30-26(28)16(3)4/h9-14,19-20H,1,3H2,2,4-8H3. The monoisotopic (exact) mass is 502 g/mol. The average Bonchev–Trinajstić information content (AvgIpc) is 2.71. The van der Waals surface area contributed by atoms with Gasteiger partial charge in [-0.3, -0.25) is 0 Å². The van der Waals surface area contributed by atoms with Gasteiger partial charge in [0.2, 0.25) is 0 Å². The van der Waals surface area contributed by atoms with Crippen molar-refractivity contribution in [3.05, 3.63) is 71.8 Å². The first kappa shape index (κ1) is 27.2. The van der Waals surface area contributed by atoms with Gasteiger partial charge in [-0.1, -0.05) is 48.4 Å². The van der Waals surface area contributed by atoms with Crippen molar-refractivity contribution < 1.29 is 19.1 Å². The molecular weight excluding hydrogens is 472 g/mol. The third-order valence-electron chi connectivity index (χ3n) is 4.36. The molecule has 0 amide bonds. The van der Waals surface area contributed by atoms with Gasteiger partial charge in [0.1, 0.15) is 10.9 Å².